The number of methoxy groups -OCH3 is 1. The number of Topliss-reactive ketones (excluding diaryl/α,β-unsaturated/α-hetero) is 1. The third-order valence-electron chi connectivity index (χ3n) is 3.51. The molecule has 0 aromatic heterocycles. The molecule has 1 aromatic carbocycles. The van der Waals surface area contributed by atoms with Crippen LogP contribution in [0.25, 0.3) is 0 Å². The molecule has 2 unspecified atom stereocenters. The molecule has 0 radical (unpaired) electrons. The maximum atomic E-state index is 11.3. The zero-order chi connectivity index (χ0) is 9.71. The molecule has 2 heteroatoms. The minimum atomic E-state index is 0.289. The van der Waals surface area contributed by atoms with E-state index in [1.807, 2.05) is 6.07 Å². The average molecular weight is 188 g/mol. The quantitative estimate of drug-likeness (QED) is 0.673. The normalized spacial score (nSPS) is 27.9. The third-order valence-corrected chi connectivity index (χ3v) is 3.51. The van der Waals surface area contributed by atoms with Gasteiger partial charge in [0.1, 0.15) is 11.5 Å². The summed E-state index contributed by atoms with van der Waals surface area (Å²) in [6.45, 7) is 0. The maximum Gasteiger partial charge on any atom is 0.137 e. The Hall–Kier alpha value is -1.31. The summed E-state index contributed by atoms with van der Waals surface area (Å²) in [5, 5.41) is 0. The molecule has 1 aromatic rings. The summed E-state index contributed by atoms with van der Waals surface area (Å²) in [4.78, 5) is 11.3. The van der Waals surface area contributed by atoms with Gasteiger partial charge in [-0.3, -0.25) is 4.79 Å². The molecular formula is C12H12O2. The second kappa shape index (κ2) is 2.59. The molecule has 1 saturated carbocycles. The van der Waals surface area contributed by atoms with Crippen LogP contribution in [0.4, 0.5) is 0 Å². The van der Waals surface area contributed by atoms with E-state index in [1.54, 1.807) is 7.11 Å². The molecule has 0 heterocycles. The number of fused-ring (bicyclic) bond motifs is 3. The van der Waals surface area contributed by atoms with E-state index >= 15 is 0 Å². The first-order chi connectivity index (χ1) is 6.79. The van der Waals surface area contributed by atoms with Gasteiger partial charge in [0.15, 0.2) is 0 Å². The van der Waals surface area contributed by atoms with Crippen molar-refractivity contribution >= 4 is 5.78 Å². The van der Waals surface area contributed by atoms with E-state index < -0.39 is 0 Å². The predicted octanol–water partition coefficient (Wildman–Crippen LogP) is 1.92. The Morgan fingerprint density at radius 2 is 2.14 bits per heavy atom. The van der Waals surface area contributed by atoms with Gasteiger partial charge in [-0.1, -0.05) is 6.07 Å². The minimum absolute atomic E-state index is 0.289. The molecular weight excluding hydrogens is 176 g/mol. The molecule has 2 atom stereocenters. The predicted molar refractivity (Wildman–Crippen MR) is 52.6 cm³/mol. The lowest BCUT2D eigenvalue weighted by molar-refractivity contribution is -0.130. The zero-order valence-electron chi connectivity index (χ0n) is 8.12. The first-order valence-electron chi connectivity index (χ1n) is 4.99. The van der Waals surface area contributed by atoms with Crippen molar-refractivity contribution in [2.24, 2.45) is 5.92 Å². The van der Waals surface area contributed by atoms with Gasteiger partial charge in [0.25, 0.3) is 0 Å². The van der Waals surface area contributed by atoms with E-state index in [-0.39, 0.29) is 5.92 Å². The molecule has 0 amide bonds. The van der Waals surface area contributed by atoms with Crippen molar-refractivity contribution in [3.8, 4) is 5.75 Å². The van der Waals surface area contributed by atoms with E-state index in [0.717, 1.165) is 18.6 Å². The molecule has 0 aliphatic heterocycles. The molecule has 0 spiro atoms. The monoisotopic (exact) mass is 188 g/mol. The minimum Gasteiger partial charge on any atom is -0.497 e. The Labute approximate surface area is 82.9 Å². The van der Waals surface area contributed by atoms with Gasteiger partial charge in [-0.15, -0.1) is 0 Å². The summed E-state index contributed by atoms with van der Waals surface area (Å²) >= 11 is 0. The molecule has 2 aliphatic carbocycles. The Morgan fingerprint density at radius 1 is 1.29 bits per heavy atom. The van der Waals surface area contributed by atoms with Gasteiger partial charge < -0.3 is 4.74 Å². The van der Waals surface area contributed by atoms with Crippen LogP contribution in [0.2, 0.25) is 0 Å². The Kier molecular flexibility index (Phi) is 1.49. The van der Waals surface area contributed by atoms with Gasteiger partial charge in [-0.25, -0.2) is 0 Å². The lowest BCUT2D eigenvalue weighted by Gasteiger charge is -2.28. The largest absolute Gasteiger partial charge is 0.497 e. The number of rotatable bonds is 1. The SMILES string of the molecule is COc1ccc2c(c1)C1CC(=O)C1C2. The number of carbonyl (C=O) groups excluding carboxylic acids is 1. The third kappa shape index (κ3) is 0.884. The molecule has 14 heavy (non-hydrogen) atoms. The van der Waals surface area contributed by atoms with Crippen molar-refractivity contribution in [1.29, 1.82) is 0 Å². The van der Waals surface area contributed by atoms with Gasteiger partial charge in [0.05, 0.1) is 7.11 Å². The van der Waals surface area contributed by atoms with E-state index in [9.17, 15) is 4.79 Å². The summed E-state index contributed by atoms with van der Waals surface area (Å²) in [6, 6.07) is 6.17. The van der Waals surface area contributed by atoms with Gasteiger partial charge in [-0.2, -0.15) is 0 Å². The second-order valence-electron chi connectivity index (χ2n) is 4.15. The smallest absolute Gasteiger partial charge is 0.137 e. The zero-order valence-corrected chi connectivity index (χ0v) is 8.12. The Balaban J connectivity index is 2.03. The number of carbonyl (C=O) groups is 1. The van der Waals surface area contributed by atoms with E-state index in [2.05, 4.69) is 12.1 Å². The summed E-state index contributed by atoms with van der Waals surface area (Å²) in [5.74, 6) is 2.12. The number of ketones is 1. The fraction of sp³-hybridized carbons (Fsp3) is 0.417. The van der Waals surface area contributed by atoms with Gasteiger partial charge >= 0.3 is 0 Å². The van der Waals surface area contributed by atoms with Crippen molar-refractivity contribution in [3.63, 3.8) is 0 Å². The molecule has 2 nitrogen and oxygen atoms in total. The van der Waals surface area contributed by atoms with Crippen LogP contribution in [0.1, 0.15) is 23.5 Å². The average Bonchev–Trinajstić information content (AvgIpc) is 2.51. The summed E-state index contributed by atoms with van der Waals surface area (Å²) in [5.41, 5.74) is 2.68. The molecule has 2 aliphatic rings. The standard InChI is InChI=1S/C12H12O2/c1-14-8-3-2-7-4-11-10(6-12(11)13)9(7)5-8/h2-3,5,10-11H,4,6H2,1H3. The van der Waals surface area contributed by atoms with Crippen molar-refractivity contribution in [2.45, 2.75) is 18.8 Å². The summed E-state index contributed by atoms with van der Waals surface area (Å²) in [6.07, 6.45) is 1.69. The molecule has 72 valence electrons. The summed E-state index contributed by atoms with van der Waals surface area (Å²) < 4.78 is 5.19. The van der Waals surface area contributed by atoms with Crippen molar-refractivity contribution < 1.29 is 9.53 Å². The van der Waals surface area contributed by atoms with E-state index in [0.29, 0.717) is 11.7 Å². The van der Waals surface area contributed by atoms with Crippen LogP contribution >= 0.6 is 0 Å². The number of benzene rings is 1. The van der Waals surface area contributed by atoms with Crippen LogP contribution in [-0.2, 0) is 11.2 Å². The molecule has 1 fully saturated rings. The van der Waals surface area contributed by atoms with Gasteiger partial charge in [-0.05, 0) is 29.7 Å². The highest BCUT2D eigenvalue weighted by Gasteiger charge is 2.45. The maximum absolute atomic E-state index is 11.3. The first-order valence-corrected chi connectivity index (χ1v) is 4.99. The van der Waals surface area contributed by atoms with E-state index in [4.69, 9.17) is 4.74 Å². The van der Waals surface area contributed by atoms with Crippen LogP contribution in [0, 0.1) is 5.92 Å². The molecule has 3 rings (SSSR count). The number of ether oxygens (including phenoxy) is 1. The van der Waals surface area contributed by atoms with Crippen LogP contribution in [-0.4, -0.2) is 12.9 Å². The Bertz CT molecular complexity index is 409. The summed E-state index contributed by atoms with van der Waals surface area (Å²) in [7, 11) is 1.68. The van der Waals surface area contributed by atoms with Crippen LogP contribution < -0.4 is 4.74 Å². The number of hydrogen-bond acceptors (Lipinski definition) is 2. The first kappa shape index (κ1) is 8.04. The number of hydrogen-bond donors (Lipinski definition) is 0. The highest BCUT2D eigenvalue weighted by molar-refractivity contribution is 5.91. The molecule has 0 saturated heterocycles. The van der Waals surface area contributed by atoms with Crippen molar-refractivity contribution in [1.82, 2.24) is 0 Å². The fourth-order valence-electron chi connectivity index (χ4n) is 2.63. The van der Waals surface area contributed by atoms with Crippen molar-refractivity contribution in [3.05, 3.63) is 29.3 Å². The molecule has 0 N–H and O–H groups in total. The lowest BCUT2D eigenvalue weighted by atomic mass is 9.73. The van der Waals surface area contributed by atoms with E-state index in [1.165, 1.54) is 11.1 Å². The van der Waals surface area contributed by atoms with Gasteiger partial charge in [0.2, 0.25) is 0 Å². The Morgan fingerprint density at radius 3 is 2.86 bits per heavy atom. The highest BCUT2D eigenvalue weighted by atomic mass is 16.5. The molecule has 0 bridgehead atoms. The van der Waals surface area contributed by atoms with Gasteiger partial charge in [0, 0.05) is 18.3 Å². The van der Waals surface area contributed by atoms with Crippen LogP contribution in [0.5, 0.6) is 5.75 Å². The lowest BCUT2D eigenvalue weighted by Crippen LogP contribution is -2.31. The second-order valence-corrected chi connectivity index (χ2v) is 4.15. The van der Waals surface area contributed by atoms with Crippen LogP contribution in [0.3, 0.4) is 0 Å². The van der Waals surface area contributed by atoms with Crippen molar-refractivity contribution in [2.75, 3.05) is 7.11 Å². The van der Waals surface area contributed by atoms with Crippen LogP contribution in [0.15, 0.2) is 18.2 Å². The highest BCUT2D eigenvalue weighted by Crippen LogP contribution is 2.49. The topological polar surface area (TPSA) is 26.3 Å². The fourth-order valence-corrected chi connectivity index (χ4v) is 2.63.